The minimum Gasteiger partial charge on any atom is -0.297 e. The average molecular weight is 408 g/mol. The van der Waals surface area contributed by atoms with E-state index in [4.69, 9.17) is 0 Å². The Morgan fingerprint density at radius 3 is 2.55 bits per heavy atom. The predicted octanol–water partition coefficient (Wildman–Crippen LogP) is 2.04. The van der Waals surface area contributed by atoms with Gasteiger partial charge < -0.3 is 0 Å². The summed E-state index contributed by atoms with van der Waals surface area (Å²) in [5.74, 6) is 0.489. The van der Waals surface area contributed by atoms with Crippen molar-refractivity contribution >= 4 is 20.7 Å². The number of aromatic amines is 1. The van der Waals surface area contributed by atoms with Gasteiger partial charge in [-0.15, -0.1) is 5.10 Å². The molecule has 3 heterocycles. The number of hydrogen-bond donors (Lipinski definition) is 1. The topological polar surface area (TPSA) is 96.8 Å². The summed E-state index contributed by atoms with van der Waals surface area (Å²) in [5.41, 5.74) is 4.51. The largest absolute Gasteiger partial charge is 0.297 e. The van der Waals surface area contributed by atoms with E-state index in [9.17, 15) is 8.42 Å². The van der Waals surface area contributed by atoms with Crippen LogP contribution >= 0.6 is 0 Å². The zero-order chi connectivity index (χ0) is 19.8. The van der Waals surface area contributed by atoms with Gasteiger partial charge in [-0.05, 0) is 23.8 Å². The first-order valence-corrected chi connectivity index (χ1v) is 11.3. The summed E-state index contributed by atoms with van der Waals surface area (Å²) in [4.78, 5) is 2.17. The van der Waals surface area contributed by atoms with Gasteiger partial charge in [0, 0.05) is 25.0 Å². The molecule has 0 aliphatic carbocycles. The Hall–Kier alpha value is -3.04. The summed E-state index contributed by atoms with van der Waals surface area (Å²) in [7, 11) is -2.85. The number of aromatic nitrogens is 5. The summed E-state index contributed by atoms with van der Waals surface area (Å²) < 4.78 is 24.9. The minimum absolute atomic E-state index is 0.245. The highest BCUT2D eigenvalue weighted by Gasteiger charge is 2.21. The number of sulfone groups is 1. The number of hydrogen-bond acceptors (Lipinski definition) is 6. The normalized spacial score (nSPS) is 17.0. The maximum atomic E-state index is 11.6. The molecular formula is C20H20N6O2S. The lowest BCUT2D eigenvalue weighted by Gasteiger charge is -2.26. The lowest BCUT2D eigenvalue weighted by Crippen LogP contribution is -2.39. The number of nitrogens with zero attached hydrogens (tertiary/aromatic N) is 5. The van der Waals surface area contributed by atoms with Crippen LogP contribution in [0.15, 0.2) is 54.7 Å². The highest BCUT2D eigenvalue weighted by Crippen LogP contribution is 2.24. The fourth-order valence-electron chi connectivity index (χ4n) is 3.58. The molecule has 29 heavy (non-hydrogen) atoms. The first-order valence-electron chi connectivity index (χ1n) is 9.45. The number of H-pyrrole nitrogens is 1. The molecule has 0 saturated carbocycles. The van der Waals surface area contributed by atoms with Crippen molar-refractivity contribution in [1.82, 2.24) is 30.1 Å². The summed E-state index contributed by atoms with van der Waals surface area (Å²) >= 11 is 0. The maximum Gasteiger partial charge on any atom is 0.152 e. The highest BCUT2D eigenvalue weighted by molar-refractivity contribution is 7.91. The van der Waals surface area contributed by atoms with Crippen LogP contribution in [-0.4, -0.2) is 63.1 Å². The van der Waals surface area contributed by atoms with Crippen molar-refractivity contribution in [1.29, 1.82) is 0 Å². The van der Waals surface area contributed by atoms with E-state index in [1.807, 2.05) is 54.7 Å². The SMILES string of the molecule is O=S1(=O)CCN(Cc2ccc(-n3cc(-c4n[nH]c5ccccc45)nn3)cc2)CC1. The van der Waals surface area contributed by atoms with E-state index in [2.05, 4.69) is 25.4 Å². The van der Waals surface area contributed by atoms with Gasteiger partial charge in [-0.3, -0.25) is 10.00 Å². The molecular weight excluding hydrogens is 388 g/mol. The van der Waals surface area contributed by atoms with Crippen LogP contribution in [0.25, 0.3) is 28.0 Å². The molecule has 0 spiro atoms. The second kappa shape index (κ2) is 7.09. The zero-order valence-corrected chi connectivity index (χ0v) is 16.5. The van der Waals surface area contributed by atoms with E-state index in [-0.39, 0.29) is 11.5 Å². The first-order chi connectivity index (χ1) is 14.1. The van der Waals surface area contributed by atoms with Crippen LogP contribution in [-0.2, 0) is 16.4 Å². The molecule has 5 rings (SSSR count). The van der Waals surface area contributed by atoms with Gasteiger partial charge in [0.15, 0.2) is 9.84 Å². The van der Waals surface area contributed by atoms with Crippen molar-refractivity contribution in [2.45, 2.75) is 6.54 Å². The average Bonchev–Trinajstić information content (AvgIpc) is 3.37. The molecule has 0 atom stereocenters. The third kappa shape index (κ3) is 3.66. The minimum atomic E-state index is -2.85. The van der Waals surface area contributed by atoms with Crippen LogP contribution in [0, 0.1) is 0 Å². The molecule has 0 radical (unpaired) electrons. The van der Waals surface area contributed by atoms with Gasteiger partial charge in [0.2, 0.25) is 0 Å². The first kappa shape index (κ1) is 18.0. The summed E-state index contributed by atoms with van der Waals surface area (Å²) in [6.07, 6.45) is 1.87. The fourth-order valence-corrected chi connectivity index (χ4v) is 4.85. The number of nitrogens with one attached hydrogen (secondary N) is 1. The molecule has 4 aromatic rings. The van der Waals surface area contributed by atoms with Crippen LogP contribution in [0.4, 0.5) is 0 Å². The number of fused-ring (bicyclic) bond motifs is 1. The Morgan fingerprint density at radius 1 is 1.00 bits per heavy atom. The summed E-state index contributed by atoms with van der Waals surface area (Å²) in [6.45, 7) is 1.93. The molecule has 148 valence electrons. The van der Waals surface area contributed by atoms with Crippen LogP contribution in [0.5, 0.6) is 0 Å². The van der Waals surface area contributed by atoms with E-state index in [0.717, 1.165) is 34.4 Å². The van der Waals surface area contributed by atoms with Crippen LogP contribution in [0.1, 0.15) is 5.56 Å². The molecule has 0 unspecified atom stereocenters. The Labute approximate surface area is 168 Å². The number of rotatable bonds is 4. The summed E-state index contributed by atoms with van der Waals surface area (Å²) in [5, 5.41) is 16.9. The van der Waals surface area contributed by atoms with Gasteiger partial charge >= 0.3 is 0 Å². The van der Waals surface area contributed by atoms with Crippen LogP contribution in [0.2, 0.25) is 0 Å². The van der Waals surface area contributed by atoms with E-state index in [1.54, 1.807) is 4.68 Å². The Morgan fingerprint density at radius 2 is 1.76 bits per heavy atom. The fraction of sp³-hybridized carbons (Fsp3) is 0.250. The Bertz CT molecular complexity index is 1250. The molecule has 2 aromatic carbocycles. The maximum absolute atomic E-state index is 11.6. The molecule has 2 aromatic heterocycles. The Kier molecular flexibility index (Phi) is 4.40. The molecule has 9 heteroatoms. The molecule has 1 fully saturated rings. The van der Waals surface area contributed by atoms with Crippen molar-refractivity contribution in [3.63, 3.8) is 0 Å². The van der Waals surface area contributed by atoms with E-state index in [0.29, 0.717) is 18.8 Å². The van der Waals surface area contributed by atoms with Crippen molar-refractivity contribution < 1.29 is 8.42 Å². The lowest BCUT2D eigenvalue weighted by atomic mass is 10.2. The second-order valence-electron chi connectivity index (χ2n) is 7.26. The van der Waals surface area contributed by atoms with E-state index < -0.39 is 9.84 Å². The predicted molar refractivity (Wildman–Crippen MR) is 110 cm³/mol. The monoisotopic (exact) mass is 408 g/mol. The molecule has 1 N–H and O–H groups in total. The number of benzene rings is 2. The van der Waals surface area contributed by atoms with Crippen molar-refractivity contribution in [2.24, 2.45) is 0 Å². The van der Waals surface area contributed by atoms with Gasteiger partial charge in [0.1, 0.15) is 11.4 Å². The van der Waals surface area contributed by atoms with E-state index >= 15 is 0 Å². The van der Waals surface area contributed by atoms with Crippen LogP contribution < -0.4 is 0 Å². The smallest absolute Gasteiger partial charge is 0.152 e. The van der Waals surface area contributed by atoms with Gasteiger partial charge in [-0.25, -0.2) is 13.1 Å². The molecule has 1 aliphatic rings. The van der Waals surface area contributed by atoms with Gasteiger partial charge in [-0.2, -0.15) is 5.10 Å². The van der Waals surface area contributed by atoms with Crippen LogP contribution in [0.3, 0.4) is 0 Å². The Balaban J connectivity index is 1.32. The number of para-hydroxylation sites is 1. The van der Waals surface area contributed by atoms with Crippen molar-refractivity contribution in [3.05, 3.63) is 60.3 Å². The van der Waals surface area contributed by atoms with Crippen molar-refractivity contribution in [2.75, 3.05) is 24.6 Å². The molecule has 0 bridgehead atoms. The standard InChI is InChI=1S/C20H20N6O2S/c27-29(28)11-9-25(10-12-29)13-15-5-7-16(8-6-15)26-14-19(22-24-26)20-17-3-1-2-4-18(17)21-23-20/h1-8,14H,9-13H2,(H,21,23). The van der Waals surface area contributed by atoms with E-state index in [1.165, 1.54) is 0 Å². The highest BCUT2D eigenvalue weighted by atomic mass is 32.2. The van der Waals surface area contributed by atoms with Gasteiger partial charge in [0.25, 0.3) is 0 Å². The third-order valence-electron chi connectivity index (χ3n) is 5.25. The van der Waals surface area contributed by atoms with Gasteiger partial charge in [-0.1, -0.05) is 35.5 Å². The zero-order valence-electron chi connectivity index (χ0n) is 15.7. The van der Waals surface area contributed by atoms with Crippen molar-refractivity contribution in [3.8, 4) is 17.1 Å². The summed E-state index contributed by atoms with van der Waals surface area (Å²) in [6, 6.07) is 16.0. The molecule has 1 saturated heterocycles. The molecule has 8 nitrogen and oxygen atoms in total. The molecule has 0 amide bonds. The van der Waals surface area contributed by atoms with Gasteiger partial charge in [0.05, 0.1) is 28.9 Å². The second-order valence-corrected chi connectivity index (χ2v) is 9.56. The third-order valence-corrected chi connectivity index (χ3v) is 6.86. The lowest BCUT2D eigenvalue weighted by molar-refractivity contribution is 0.287. The molecule has 1 aliphatic heterocycles. The quantitative estimate of drug-likeness (QED) is 0.555.